The van der Waals surface area contributed by atoms with Crippen LogP contribution in [0.2, 0.25) is 5.02 Å². The first-order chi connectivity index (χ1) is 14.5. The van der Waals surface area contributed by atoms with Gasteiger partial charge in [0.2, 0.25) is 5.91 Å². The third kappa shape index (κ3) is 3.91. The minimum atomic E-state index is -0.664. The van der Waals surface area contributed by atoms with E-state index in [0.29, 0.717) is 28.9 Å². The van der Waals surface area contributed by atoms with Gasteiger partial charge in [0.15, 0.2) is 5.11 Å². The molecule has 1 fully saturated rings. The summed E-state index contributed by atoms with van der Waals surface area (Å²) < 4.78 is 0. The molecule has 1 atom stereocenters. The van der Waals surface area contributed by atoms with Crippen LogP contribution in [0.15, 0.2) is 54.7 Å². The Bertz CT molecular complexity index is 1130. The molecule has 2 amide bonds. The Hall–Kier alpha value is -2.90. The van der Waals surface area contributed by atoms with E-state index < -0.39 is 6.04 Å². The molecule has 6 nitrogen and oxygen atoms in total. The van der Waals surface area contributed by atoms with Crippen molar-refractivity contribution in [3.63, 3.8) is 0 Å². The van der Waals surface area contributed by atoms with Crippen LogP contribution in [-0.2, 0) is 16.1 Å². The fraction of sp³-hybridized carbons (Fsp3) is 0.227. The molecule has 0 bridgehead atoms. The Balaban J connectivity index is 1.52. The number of H-pyrrole nitrogens is 1. The minimum Gasteiger partial charge on any atom is -0.361 e. The van der Waals surface area contributed by atoms with Crippen LogP contribution in [0.4, 0.5) is 5.69 Å². The number of amides is 2. The van der Waals surface area contributed by atoms with Gasteiger partial charge in [-0.15, -0.1) is 0 Å². The third-order valence-corrected chi connectivity index (χ3v) is 6.06. The van der Waals surface area contributed by atoms with Gasteiger partial charge in [-0.2, -0.15) is 0 Å². The summed E-state index contributed by atoms with van der Waals surface area (Å²) in [5.74, 6) is -0.409. The lowest BCUT2D eigenvalue weighted by Crippen LogP contribution is -2.37. The van der Waals surface area contributed by atoms with Crippen molar-refractivity contribution in [2.24, 2.45) is 0 Å². The van der Waals surface area contributed by atoms with Gasteiger partial charge in [0.05, 0.1) is 6.42 Å². The quantitative estimate of drug-likeness (QED) is 0.564. The van der Waals surface area contributed by atoms with Crippen molar-refractivity contribution in [1.82, 2.24) is 14.8 Å². The Morgan fingerprint density at radius 1 is 1.23 bits per heavy atom. The third-order valence-electron chi connectivity index (χ3n) is 5.24. The van der Waals surface area contributed by atoms with E-state index in [-0.39, 0.29) is 18.2 Å². The number of anilines is 1. The number of carbonyl (C=O) groups is 2. The number of aromatic nitrogens is 1. The second kappa shape index (κ2) is 8.45. The number of halogens is 1. The number of nitrogens with zero attached hydrogens (tertiary/aromatic N) is 2. The molecule has 0 radical (unpaired) electrons. The van der Waals surface area contributed by atoms with Crippen molar-refractivity contribution in [3.8, 4) is 0 Å². The molecular weight excluding hydrogens is 420 g/mol. The lowest BCUT2D eigenvalue weighted by atomic mass is 10.1. The second-order valence-electron chi connectivity index (χ2n) is 7.13. The van der Waals surface area contributed by atoms with Crippen molar-refractivity contribution < 1.29 is 9.59 Å². The smallest absolute Gasteiger partial charge is 0.252 e. The van der Waals surface area contributed by atoms with E-state index in [1.807, 2.05) is 55.6 Å². The minimum absolute atomic E-state index is 0.00267. The number of fused-ring (bicyclic) bond motifs is 1. The number of nitrogens with one attached hydrogen (secondary N) is 2. The summed E-state index contributed by atoms with van der Waals surface area (Å²) in [5, 5.41) is 4.98. The Morgan fingerprint density at radius 3 is 2.80 bits per heavy atom. The summed E-state index contributed by atoms with van der Waals surface area (Å²) in [4.78, 5) is 32.2. The number of aromatic amines is 1. The maximum absolute atomic E-state index is 12.9. The summed E-state index contributed by atoms with van der Waals surface area (Å²) in [6, 6.07) is 14.4. The van der Waals surface area contributed by atoms with Crippen LogP contribution in [0.3, 0.4) is 0 Å². The van der Waals surface area contributed by atoms with E-state index in [9.17, 15) is 9.59 Å². The van der Waals surface area contributed by atoms with Crippen molar-refractivity contribution >= 4 is 57.3 Å². The highest BCUT2D eigenvalue weighted by Crippen LogP contribution is 2.26. The molecule has 0 spiro atoms. The predicted molar refractivity (Wildman–Crippen MR) is 122 cm³/mol. The molecule has 2 N–H and O–H groups in total. The fourth-order valence-electron chi connectivity index (χ4n) is 3.69. The fourth-order valence-corrected chi connectivity index (χ4v) is 4.29. The van der Waals surface area contributed by atoms with Crippen LogP contribution >= 0.6 is 23.8 Å². The number of hydrogen-bond acceptors (Lipinski definition) is 3. The molecule has 2 aromatic carbocycles. The van der Waals surface area contributed by atoms with Gasteiger partial charge in [-0.3, -0.25) is 14.5 Å². The average molecular weight is 441 g/mol. The van der Waals surface area contributed by atoms with Gasteiger partial charge in [0.25, 0.3) is 5.91 Å². The standard InChI is InChI=1S/C22H21ClN4O2S/c1-2-26-21(29)19(27(22(26)30)13-15-5-3-4-6-17(15)23)12-20(28)25-16-8-7-14-9-10-24-18(14)11-16/h3-11,19,24H,2,12-13H2,1H3,(H,25,28). The summed E-state index contributed by atoms with van der Waals surface area (Å²) >= 11 is 11.8. The molecule has 4 rings (SSSR count). The van der Waals surface area contributed by atoms with Gasteiger partial charge in [-0.1, -0.05) is 35.9 Å². The predicted octanol–water partition coefficient (Wildman–Crippen LogP) is 4.17. The molecule has 2 heterocycles. The molecule has 1 saturated heterocycles. The maximum Gasteiger partial charge on any atom is 0.252 e. The Morgan fingerprint density at radius 2 is 2.03 bits per heavy atom. The largest absolute Gasteiger partial charge is 0.361 e. The van der Waals surface area contributed by atoms with E-state index >= 15 is 0 Å². The number of carbonyl (C=O) groups excluding carboxylic acids is 2. The summed E-state index contributed by atoms with van der Waals surface area (Å²) in [6.45, 7) is 2.69. The highest BCUT2D eigenvalue weighted by Gasteiger charge is 2.42. The molecule has 0 aliphatic carbocycles. The summed E-state index contributed by atoms with van der Waals surface area (Å²) in [6.07, 6.45) is 1.85. The van der Waals surface area contributed by atoms with Crippen LogP contribution in [0.1, 0.15) is 18.9 Å². The highest BCUT2D eigenvalue weighted by atomic mass is 35.5. The Labute approximate surface area is 184 Å². The van der Waals surface area contributed by atoms with E-state index in [1.165, 1.54) is 4.90 Å². The molecule has 1 aliphatic rings. The van der Waals surface area contributed by atoms with E-state index in [4.69, 9.17) is 23.8 Å². The van der Waals surface area contributed by atoms with Gasteiger partial charge < -0.3 is 15.2 Å². The Kier molecular flexibility index (Phi) is 5.74. The lowest BCUT2D eigenvalue weighted by molar-refractivity contribution is -0.130. The molecule has 1 aliphatic heterocycles. The van der Waals surface area contributed by atoms with Gasteiger partial charge in [-0.05, 0) is 54.4 Å². The van der Waals surface area contributed by atoms with Crippen LogP contribution in [0.25, 0.3) is 10.9 Å². The number of benzene rings is 2. The van der Waals surface area contributed by atoms with Gasteiger partial charge in [0, 0.05) is 35.5 Å². The van der Waals surface area contributed by atoms with Crippen molar-refractivity contribution in [2.45, 2.75) is 25.9 Å². The first kappa shape index (κ1) is 20.4. The monoisotopic (exact) mass is 440 g/mol. The lowest BCUT2D eigenvalue weighted by Gasteiger charge is -2.24. The SMILES string of the molecule is CCN1C(=O)C(CC(=O)Nc2ccc3cc[nH]c3c2)N(Cc2ccccc2Cl)C1=S. The first-order valence-electron chi connectivity index (χ1n) is 9.70. The van der Waals surface area contributed by atoms with Crippen molar-refractivity contribution in [2.75, 3.05) is 11.9 Å². The number of likely N-dealkylation sites (N-methyl/N-ethyl adjacent to an activating group) is 1. The molecule has 0 saturated carbocycles. The second-order valence-corrected chi connectivity index (χ2v) is 7.90. The molecule has 30 heavy (non-hydrogen) atoms. The number of rotatable bonds is 6. The van der Waals surface area contributed by atoms with E-state index in [1.54, 1.807) is 11.0 Å². The molecular formula is C22H21ClN4O2S. The zero-order valence-electron chi connectivity index (χ0n) is 16.4. The summed E-state index contributed by atoms with van der Waals surface area (Å²) in [5.41, 5.74) is 2.46. The topological polar surface area (TPSA) is 68.4 Å². The first-order valence-corrected chi connectivity index (χ1v) is 10.5. The molecule has 3 aromatic rings. The van der Waals surface area contributed by atoms with Gasteiger partial charge in [0.1, 0.15) is 6.04 Å². The van der Waals surface area contributed by atoms with Crippen LogP contribution in [0.5, 0.6) is 0 Å². The molecule has 1 unspecified atom stereocenters. The zero-order valence-corrected chi connectivity index (χ0v) is 18.0. The molecule has 8 heteroatoms. The normalized spacial score (nSPS) is 16.5. The number of hydrogen-bond donors (Lipinski definition) is 2. The zero-order chi connectivity index (χ0) is 21.3. The summed E-state index contributed by atoms with van der Waals surface area (Å²) in [7, 11) is 0. The van der Waals surface area contributed by atoms with E-state index in [0.717, 1.165) is 16.5 Å². The highest BCUT2D eigenvalue weighted by molar-refractivity contribution is 7.80. The van der Waals surface area contributed by atoms with Crippen LogP contribution in [0, 0.1) is 0 Å². The molecule has 154 valence electrons. The average Bonchev–Trinajstić information content (AvgIpc) is 3.27. The van der Waals surface area contributed by atoms with Crippen LogP contribution in [-0.4, -0.2) is 44.3 Å². The molecule has 1 aromatic heterocycles. The van der Waals surface area contributed by atoms with Crippen LogP contribution < -0.4 is 5.32 Å². The maximum atomic E-state index is 12.9. The van der Waals surface area contributed by atoms with Crippen molar-refractivity contribution in [3.05, 3.63) is 65.3 Å². The van der Waals surface area contributed by atoms with Crippen molar-refractivity contribution in [1.29, 1.82) is 0 Å². The van der Waals surface area contributed by atoms with Gasteiger partial charge >= 0.3 is 0 Å². The van der Waals surface area contributed by atoms with Gasteiger partial charge in [-0.25, -0.2) is 0 Å². The van der Waals surface area contributed by atoms with E-state index in [2.05, 4.69) is 10.3 Å². The number of thiocarbonyl (C=S) groups is 1.